The Morgan fingerprint density at radius 3 is 2.29 bits per heavy atom. The quantitative estimate of drug-likeness (QED) is 0.395. The van der Waals surface area contributed by atoms with Crippen LogP contribution >= 0.6 is 0 Å². The van der Waals surface area contributed by atoms with Crippen molar-refractivity contribution in [2.24, 2.45) is 0 Å². The van der Waals surface area contributed by atoms with Gasteiger partial charge in [0.1, 0.15) is 17.5 Å². The first kappa shape index (κ1) is 24.4. The van der Waals surface area contributed by atoms with Gasteiger partial charge >= 0.3 is 0 Å². The van der Waals surface area contributed by atoms with Crippen LogP contribution in [0.3, 0.4) is 0 Å². The number of piperazine rings is 1. The molecular formula is C29H30F2N6O. The fraction of sp³-hybridized carbons (Fsp3) is 0.310. The second-order valence-electron chi connectivity index (χ2n) is 9.68. The number of pyridine rings is 2. The van der Waals surface area contributed by atoms with E-state index in [1.807, 2.05) is 37.4 Å². The van der Waals surface area contributed by atoms with Gasteiger partial charge in [0.05, 0.1) is 53.6 Å². The van der Waals surface area contributed by atoms with Gasteiger partial charge in [-0.1, -0.05) is 18.2 Å². The maximum atomic E-state index is 15.2. The third kappa shape index (κ3) is 4.81. The molecule has 4 heterocycles. The predicted octanol–water partition coefficient (Wildman–Crippen LogP) is 5.12. The van der Waals surface area contributed by atoms with Gasteiger partial charge in [-0.15, -0.1) is 0 Å². The Kier molecular flexibility index (Phi) is 6.68. The SMILES string of the molecule is Cc1c(N2CCN(c3ccccc3)CC2)nc2cc(F)cc(F)c2c1Nc1cncc(N2CCOCC2)c1. The van der Waals surface area contributed by atoms with E-state index in [2.05, 4.69) is 37.1 Å². The van der Waals surface area contributed by atoms with Crippen LogP contribution in [0.2, 0.25) is 0 Å². The smallest absolute Gasteiger partial charge is 0.137 e. The van der Waals surface area contributed by atoms with Gasteiger partial charge in [-0.3, -0.25) is 4.98 Å². The van der Waals surface area contributed by atoms with Crippen molar-refractivity contribution >= 4 is 39.5 Å². The molecule has 2 aliphatic heterocycles. The van der Waals surface area contributed by atoms with Crippen molar-refractivity contribution in [1.82, 2.24) is 9.97 Å². The minimum absolute atomic E-state index is 0.271. The maximum Gasteiger partial charge on any atom is 0.137 e. The number of fused-ring (bicyclic) bond motifs is 1. The summed E-state index contributed by atoms with van der Waals surface area (Å²) in [6.45, 7) is 8.01. The summed E-state index contributed by atoms with van der Waals surface area (Å²) in [6, 6.07) is 14.5. The second-order valence-corrected chi connectivity index (χ2v) is 9.68. The summed E-state index contributed by atoms with van der Waals surface area (Å²) < 4.78 is 34.9. The van der Waals surface area contributed by atoms with Gasteiger partial charge in [0.15, 0.2) is 0 Å². The van der Waals surface area contributed by atoms with Crippen LogP contribution < -0.4 is 20.0 Å². The van der Waals surface area contributed by atoms with Crippen molar-refractivity contribution in [3.8, 4) is 0 Å². The summed E-state index contributed by atoms with van der Waals surface area (Å²) in [7, 11) is 0. The highest BCUT2D eigenvalue weighted by Crippen LogP contribution is 2.37. The normalized spacial score (nSPS) is 16.2. The molecular weight excluding hydrogens is 486 g/mol. The highest BCUT2D eigenvalue weighted by molar-refractivity contribution is 5.97. The Bertz CT molecular complexity index is 1440. The lowest BCUT2D eigenvalue weighted by Gasteiger charge is -2.37. The van der Waals surface area contributed by atoms with Gasteiger partial charge in [-0.25, -0.2) is 13.8 Å². The summed E-state index contributed by atoms with van der Waals surface area (Å²) >= 11 is 0. The molecule has 0 saturated carbocycles. The van der Waals surface area contributed by atoms with E-state index in [1.54, 1.807) is 6.20 Å². The number of nitrogens with one attached hydrogen (secondary N) is 1. The van der Waals surface area contributed by atoms with Crippen LogP contribution in [-0.4, -0.2) is 62.5 Å². The number of aromatic nitrogens is 2. The highest BCUT2D eigenvalue weighted by atomic mass is 19.1. The van der Waals surface area contributed by atoms with Gasteiger partial charge in [-0.05, 0) is 25.1 Å². The summed E-state index contributed by atoms with van der Waals surface area (Å²) in [4.78, 5) is 15.9. The molecule has 0 spiro atoms. The zero-order valence-electron chi connectivity index (χ0n) is 21.3. The number of hydrogen-bond acceptors (Lipinski definition) is 7. The average Bonchev–Trinajstić information content (AvgIpc) is 2.95. The molecule has 2 fully saturated rings. The van der Waals surface area contributed by atoms with Crippen molar-refractivity contribution in [3.05, 3.63) is 78.1 Å². The summed E-state index contributed by atoms with van der Waals surface area (Å²) in [6.07, 6.45) is 3.54. The van der Waals surface area contributed by atoms with Gasteiger partial charge in [0.25, 0.3) is 0 Å². The number of morpholine rings is 1. The maximum absolute atomic E-state index is 15.2. The predicted molar refractivity (Wildman–Crippen MR) is 148 cm³/mol. The largest absolute Gasteiger partial charge is 0.378 e. The van der Waals surface area contributed by atoms with E-state index in [-0.39, 0.29) is 10.9 Å². The lowest BCUT2D eigenvalue weighted by molar-refractivity contribution is 0.122. The third-order valence-electron chi connectivity index (χ3n) is 7.29. The minimum atomic E-state index is -0.645. The molecule has 1 N–H and O–H groups in total. The van der Waals surface area contributed by atoms with E-state index in [4.69, 9.17) is 9.72 Å². The molecule has 0 amide bonds. The van der Waals surface area contributed by atoms with E-state index in [0.29, 0.717) is 18.9 Å². The van der Waals surface area contributed by atoms with Crippen LogP contribution in [0.15, 0.2) is 60.9 Å². The van der Waals surface area contributed by atoms with Gasteiger partial charge in [0.2, 0.25) is 0 Å². The zero-order chi connectivity index (χ0) is 26.1. The van der Waals surface area contributed by atoms with Crippen LogP contribution in [0.1, 0.15) is 5.56 Å². The van der Waals surface area contributed by atoms with Crippen LogP contribution in [0.4, 0.5) is 37.3 Å². The molecule has 4 aromatic rings. The molecule has 0 bridgehead atoms. The number of halogens is 2. The van der Waals surface area contributed by atoms with Gasteiger partial charge < -0.3 is 24.8 Å². The first-order valence-electron chi connectivity index (χ1n) is 13.0. The van der Waals surface area contributed by atoms with Crippen LogP contribution in [0.5, 0.6) is 0 Å². The second kappa shape index (κ2) is 10.4. The molecule has 38 heavy (non-hydrogen) atoms. The first-order chi connectivity index (χ1) is 18.6. The number of ether oxygens (including phenoxy) is 1. The van der Waals surface area contributed by atoms with E-state index < -0.39 is 11.6 Å². The lowest BCUT2D eigenvalue weighted by Crippen LogP contribution is -2.47. The number of hydrogen-bond donors (Lipinski definition) is 1. The molecule has 0 aliphatic carbocycles. The standard InChI is InChI=1S/C29H30F2N6O/c1-20-28(33-22-17-24(19-32-18-22)36-11-13-38-14-12-36)27-25(31)15-21(30)16-26(27)34-29(20)37-9-7-35(8-10-37)23-5-3-2-4-6-23/h2-6,15-19H,7-14H2,1H3,(H,33,34). The van der Waals surface area contributed by atoms with Crippen LogP contribution in [0.25, 0.3) is 10.9 Å². The zero-order valence-corrected chi connectivity index (χ0v) is 21.3. The molecule has 0 atom stereocenters. The molecule has 2 aromatic heterocycles. The number of para-hydroxylation sites is 1. The molecule has 2 aliphatic rings. The van der Waals surface area contributed by atoms with Gasteiger partial charge in [-0.2, -0.15) is 0 Å². The Hall–Kier alpha value is -3.98. The van der Waals surface area contributed by atoms with E-state index in [9.17, 15) is 4.39 Å². The molecule has 2 saturated heterocycles. The lowest BCUT2D eigenvalue weighted by atomic mass is 10.1. The number of rotatable bonds is 5. The number of benzene rings is 2. The molecule has 7 nitrogen and oxygen atoms in total. The third-order valence-corrected chi connectivity index (χ3v) is 7.29. The van der Waals surface area contributed by atoms with E-state index in [1.165, 1.54) is 11.8 Å². The van der Waals surface area contributed by atoms with Crippen LogP contribution in [0, 0.1) is 18.6 Å². The number of anilines is 5. The molecule has 9 heteroatoms. The van der Waals surface area contributed by atoms with Crippen molar-refractivity contribution in [3.63, 3.8) is 0 Å². The topological polar surface area (TPSA) is 56.8 Å². The van der Waals surface area contributed by atoms with Crippen LogP contribution in [-0.2, 0) is 4.74 Å². The Morgan fingerprint density at radius 2 is 1.53 bits per heavy atom. The Morgan fingerprint density at radius 1 is 0.816 bits per heavy atom. The first-order valence-corrected chi connectivity index (χ1v) is 13.0. The van der Waals surface area contributed by atoms with Gasteiger partial charge in [0, 0.05) is 62.7 Å². The molecule has 196 valence electrons. The summed E-state index contributed by atoms with van der Waals surface area (Å²) in [5.74, 6) is -0.557. The van der Waals surface area contributed by atoms with Crippen molar-refractivity contribution in [2.45, 2.75) is 6.92 Å². The molecule has 0 unspecified atom stereocenters. The molecule has 2 aromatic carbocycles. The fourth-order valence-electron chi connectivity index (χ4n) is 5.31. The van der Waals surface area contributed by atoms with Crippen molar-refractivity contribution in [2.75, 3.05) is 72.5 Å². The minimum Gasteiger partial charge on any atom is -0.378 e. The average molecular weight is 517 g/mol. The fourth-order valence-corrected chi connectivity index (χ4v) is 5.31. The number of nitrogens with zero attached hydrogens (tertiary/aromatic N) is 5. The summed E-state index contributed by atoms with van der Waals surface area (Å²) in [5, 5.41) is 3.68. The Balaban J connectivity index is 1.34. The van der Waals surface area contributed by atoms with Crippen molar-refractivity contribution < 1.29 is 13.5 Å². The van der Waals surface area contributed by atoms with E-state index in [0.717, 1.165) is 68.1 Å². The van der Waals surface area contributed by atoms with E-state index >= 15 is 4.39 Å². The molecule has 0 radical (unpaired) electrons. The van der Waals surface area contributed by atoms with Crippen molar-refractivity contribution in [1.29, 1.82) is 0 Å². The Labute approximate surface area is 220 Å². The monoisotopic (exact) mass is 516 g/mol. The highest BCUT2D eigenvalue weighted by Gasteiger charge is 2.24. The summed E-state index contributed by atoms with van der Waals surface area (Å²) in [5.41, 5.74) is 4.57. The molecule has 6 rings (SSSR count).